The summed E-state index contributed by atoms with van der Waals surface area (Å²) in [5.74, 6) is 0.0184. The molecule has 0 radical (unpaired) electrons. The lowest BCUT2D eigenvalue weighted by Gasteiger charge is -2.14. The van der Waals surface area contributed by atoms with Gasteiger partial charge in [0.1, 0.15) is 6.33 Å². The number of aromatic nitrogens is 4. The minimum Gasteiger partial charge on any atom is -0.274 e. The molecule has 0 spiro atoms. The third-order valence-electron chi connectivity index (χ3n) is 3.85. The summed E-state index contributed by atoms with van der Waals surface area (Å²) < 4.78 is 4.52. The number of carbonyl (C=O) groups is 1. The summed E-state index contributed by atoms with van der Waals surface area (Å²) in [5, 5.41) is 4.50. The van der Waals surface area contributed by atoms with Gasteiger partial charge < -0.3 is 0 Å². The Bertz CT molecular complexity index is 849. The van der Waals surface area contributed by atoms with E-state index in [4.69, 9.17) is 0 Å². The zero-order valence-electron chi connectivity index (χ0n) is 12.7. The number of hydrogen-bond acceptors (Lipinski definition) is 3. The Morgan fingerprint density at radius 2 is 2.05 bits per heavy atom. The number of para-hydroxylation sites is 2. The largest absolute Gasteiger partial charge is 0.274 e. The van der Waals surface area contributed by atoms with E-state index in [0.29, 0.717) is 6.42 Å². The van der Waals surface area contributed by atoms with Gasteiger partial charge in [-0.1, -0.05) is 12.1 Å². The zero-order valence-corrected chi connectivity index (χ0v) is 14.3. The monoisotopic (exact) mass is 360 g/mol. The molecule has 2 aromatic heterocycles. The summed E-state index contributed by atoms with van der Waals surface area (Å²) in [4.78, 5) is 16.8. The van der Waals surface area contributed by atoms with Gasteiger partial charge in [0.2, 0.25) is 5.91 Å². The predicted octanol–water partition coefficient (Wildman–Crippen LogP) is 3.90. The molecule has 114 valence electrons. The second kappa shape index (κ2) is 5.68. The van der Waals surface area contributed by atoms with E-state index in [0.717, 1.165) is 26.9 Å². The number of aryl methyl sites for hydroxylation is 1. The fourth-order valence-corrected chi connectivity index (χ4v) is 2.93. The minimum absolute atomic E-state index is 0.0151. The Morgan fingerprint density at radius 3 is 2.73 bits per heavy atom. The molecular formula is C16H17BrN4O. The first-order valence-corrected chi connectivity index (χ1v) is 7.95. The van der Waals surface area contributed by atoms with Gasteiger partial charge in [0.15, 0.2) is 0 Å². The Hall–Kier alpha value is -1.95. The van der Waals surface area contributed by atoms with E-state index in [-0.39, 0.29) is 11.9 Å². The average molecular weight is 361 g/mol. The van der Waals surface area contributed by atoms with E-state index in [1.54, 1.807) is 10.9 Å². The summed E-state index contributed by atoms with van der Waals surface area (Å²) in [6.07, 6.45) is 1.96. The molecule has 0 amide bonds. The first kappa shape index (κ1) is 15.0. The van der Waals surface area contributed by atoms with Crippen LogP contribution in [0.2, 0.25) is 0 Å². The van der Waals surface area contributed by atoms with Crippen LogP contribution in [0.15, 0.2) is 35.1 Å². The van der Waals surface area contributed by atoms with Crippen LogP contribution in [0, 0.1) is 13.8 Å². The van der Waals surface area contributed by atoms with Crippen molar-refractivity contribution in [2.45, 2.75) is 33.2 Å². The number of rotatable bonds is 3. The number of hydrogen-bond donors (Lipinski definition) is 0. The van der Waals surface area contributed by atoms with Gasteiger partial charge in [-0.3, -0.25) is 14.0 Å². The van der Waals surface area contributed by atoms with Gasteiger partial charge in [-0.15, -0.1) is 0 Å². The summed E-state index contributed by atoms with van der Waals surface area (Å²) in [6.45, 7) is 5.95. The van der Waals surface area contributed by atoms with Crippen molar-refractivity contribution in [1.82, 2.24) is 19.3 Å². The van der Waals surface area contributed by atoms with Crippen LogP contribution in [0.25, 0.3) is 11.0 Å². The quantitative estimate of drug-likeness (QED) is 0.711. The van der Waals surface area contributed by atoms with Crippen LogP contribution in [-0.4, -0.2) is 25.2 Å². The van der Waals surface area contributed by atoms with Crippen LogP contribution in [0.1, 0.15) is 35.6 Å². The molecule has 0 aliphatic heterocycles. The molecule has 2 heterocycles. The van der Waals surface area contributed by atoms with Gasteiger partial charge in [0.05, 0.1) is 32.9 Å². The van der Waals surface area contributed by atoms with E-state index >= 15 is 0 Å². The first-order valence-electron chi connectivity index (χ1n) is 7.15. The van der Waals surface area contributed by atoms with Gasteiger partial charge in [0, 0.05) is 6.42 Å². The predicted molar refractivity (Wildman–Crippen MR) is 89.1 cm³/mol. The zero-order chi connectivity index (χ0) is 15.9. The molecule has 0 fully saturated rings. The van der Waals surface area contributed by atoms with E-state index in [1.165, 1.54) is 0 Å². The Morgan fingerprint density at radius 1 is 1.32 bits per heavy atom. The highest BCUT2D eigenvalue weighted by Crippen LogP contribution is 2.24. The van der Waals surface area contributed by atoms with Gasteiger partial charge in [-0.05, 0) is 48.8 Å². The van der Waals surface area contributed by atoms with Gasteiger partial charge >= 0.3 is 0 Å². The van der Waals surface area contributed by atoms with Crippen molar-refractivity contribution in [2.75, 3.05) is 0 Å². The topological polar surface area (TPSA) is 52.7 Å². The van der Waals surface area contributed by atoms with Crippen LogP contribution in [0.5, 0.6) is 0 Å². The highest BCUT2D eigenvalue weighted by molar-refractivity contribution is 9.10. The Kier molecular flexibility index (Phi) is 3.87. The fraction of sp³-hybridized carbons (Fsp3) is 0.312. The molecule has 0 bridgehead atoms. The fourth-order valence-electron chi connectivity index (χ4n) is 2.67. The van der Waals surface area contributed by atoms with Crippen molar-refractivity contribution in [3.63, 3.8) is 0 Å². The summed E-state index contributed by atoms with van der Waals surface area (Å²) >= 11 is 3.52. The van der Waals surface area contributed by atoms with E-state index in [1.807, 2.05) is 49.7 Å². The maximum absolute atomic E-state index is 12.6. The smallest absolute Gasteiger partial charge is 0.234 e. The number of fused-ring (bicyclic) bond motifs is 1. The van der Waals surface area contributed by atoms with Crippen molar-refractivity contribution in [2.24, 2.45) is 0 Å². The first-order chi connectivity index (χ1) is 10.5. The molecule has 0 aliphatic carbocycles. The third kappa shape index (κ3) is 2.47. The second-order valence-corrected chi connectivity index (χ2v) is 6.27. The number of carbonyl (C=O) groups excluding carboxylic acids is 1. The van der Waals surface area contributed by atoms with Crippen molar-refractivity contribution in [3.8, 4) is 0 Å². The normalized spacial score (nSPS) is 12.7. The summed E-state index contributed by atoms with van der Waals surface area (Å²) in [5.41, 5.74) is 3.64. The van der Waals surface area contributed by atoms with Crippen molar-refractivity contribution < 1.29 is 4.79 Å². The second-order valence-electron chi connectivity index (χ2n) is 5.48. The standard InChI is InChI=1S/C16H17BrN4O/c1-10(21-12(3)16(17)11(2)19-21)8-15(22)20-9-18-13-6-4-5-7-14(13)20/h4-7,9-10H,8H2,1-3H3/t10-/m1/s1. The van der Waals surface area contributed by atoms with Crippen molar-refractivity contribution in [1.29, 1.82) is 0 Å². The molecule has 6 heteroatoms. The SMILES string of the molecule is Cc1nn([C@H](C)CC(=O)n2cnc3ccccc32)c(C)c1Br. The Balaban J connectivity index is 1.86. The molecule has 3 aromatic rings. The van der Waals surface area contributed by atoms with Crippen LogP contribution < -0.4 is 0 Å². The lowest BCUT2D eigenvalue weighted by molar-refractivity contribution is 0.0887. The maximum atomic E-state index is 12.6. The van der Waals surface area contributed by atoms with Crippen LogP contribution >= 0.6 is 15.9 Å². The maximum Gasteiger partial charge on any atom is 0.234 e. The molecule has 0 N–H and O–H groups in total. The Labute approximate surface area is 137 Å². The number of benzene rings is 1. The van der Waals surface area contributed by atoms with Crippen LogP contribution in [-0.2, 0) is 0 Å². The number of imidazole rings is 1. The van der Waals surface area contributed by atoms with Crippen LogP contribution in [0.3, 0.4) is 0 Å². The molecule has 5 nitrogen and oxygen atoms in total. The molecule has 22 heavy (non-hydrogen) atoms. The molecule has 0 saturated heterocycles. The highest BCUT2D eigenvalue weighted by atomic mass is 79.9. The summed E-state index contributed by atoms with van der Waals surface area (Å²) in [7, 11) is 0. The molecule has 0 unspecified atom stereocenters. The third-order valence-corrected chi connectivity index (χ3v) is 4.99. The van der Waals surface area contributed by atoms with E-state index < -0.39 is 0 Å². The number of nitrogens with zero attached hydrogens (tertiary/aromatic N) is 4. The van der Waals surface area contributed by atoms with Crippen molar-refractivity contribution >= 4 is 32.9 Å². The van der Waals surface area contributed by atoms with E-state index in [2.05, 4.69) is 26.0 Å². The molecule has 0 saturated carbocycles. The summed E-state index contributed by atoms with van der Waals surface area (Å²) in [6, 6.07) is 7.62. The molecule has 1 atom stereocenters. The molecular weight excluding hydrogens is 344 g/mol. The number of halogens is 1. The van der Waals surface area contributed by atoms with Gasteiger partial charge in [-0.25, -0.2) is 4.98 Å². The lowest BCUT2D eigenvalue weighted by Crippen LogP contribution is -2.17. The van der Waals surface area contributed by atoms with Gasteiger partial charge in [0.25, 0.3) is 0 Å². The molecule has 3 rings (SSSR count). The molecule has 0 aliphatic rings. The highest BCUT2D eigenvalue weighted by Gasteiger charge is 2.18. The lowest BCUT2D eigenvalue weighted by atomic mass is 10.2. The average Bonchev–Trinajstić information content (AvgIpc) is 3.04. The van der Waals surface area contributed by atoms with Gasteiger partial charge in [-0.2, -0.15) is 5.10 Å². The minimum atomic E-state index is -0.0151. The molecule has 1 aromatic carbocycles. The van der Waals surface area contributed by atoms with Crippen LogP contribution in [0.4, 0.5) is 0 Å². The van der Waals surface area contributed by atoms with E-state index in [9.17, 15) is 4.79 Å². The van der Waals surface area contributed by atoms with Crippen molar-refractivity contribution in [3.05, 3.63) is 46.5 Å².